The molecule has 140 valence electrons. The molecule has 5 nitrogen and oxygen atoms in total. The molecule has 1 amide bonds. The molecule has 26 heavy (non-hydrogen) atoms. The molecule has 1 atom stereocenters. The van der Waals surface area contributed by atoms with Gasteiger partial charge in [-0.25, -0.2) is 0 Å². The molecule has 0 saturated carbocycles. The first-order valence-electron chi connectivity index (χ1n) is 7.78. The van der Waals surface area contributed by atoms with Crippen LogP contribution in [0.1, 0.15) is 6.92 Å². The maximum absolute atomic E-state index is 12.3. The number of ether oxygens (including phenoxy) is 2. The lowest BCUT2D eigenvalue weighted by Crippen LogP contribution is -2.31. The lowest BCUT2D eigenvalue weighted by Gasteiger charge is -2.17. The summed E-state index contributed by atoms with van der Waals surface area (Å²) in [6, 6.07) is 12.3. The van der Waals surface area contributed by atoms with Gasteiger partial charge in [0.05, 0.1) is 12.8 Å². The summed E-state index contributed by atoms with van der Waals surface area (Å²) in [6.45, 7) is 0.316. The van der Waals surface area contributed by atoms with Crippen LogP contribution in [0.25, 0.3) is 0 Å². The number of hydrogen-bond donors (Lipinski definition) is 2. The van der Waals surface area contributed by atoms with Gasteiger partial charge in [0.1, 0.15) is 17.5 Å². The van der Waals surface area contributed by atoms with Gasteiger partial charge in [0.2, 0.25) is 5.91 Å². The third-order valence-electron chi connectivity index (χ3n) is 3.40. The van der Waals surface area contributed by atoms with Crippen molar-refractivity contribution in [2.24, 2.45) is 0 Å². The van der Waals surface area contributed by atoms with E-state index in [2.05, 4.69) is 15.4 Å². The summed E-state index contributed by atoms with van der Waals surface area (Å²) in [7, 11) is 1.51. The van der Waals surface area contributed by atoms with E-state index in [-0.39, 0.29) is 11.7 Å². The van der Waals surface area contributed by atoms with Crippen LogP contribution in [0.5, 0.6) is 11.5 Å². The van der Waals surface area contributed by atoms with E-state index < -0.39 is 18.8 Å². The standard InChI is InChI=1S/C18H19F3N2O3/c1-12(17(24)23-15-5-3-4-6-16(15)25-2)22-13-7-9-14(10-8-13)26-11-18(19,20)21/h3-10,12,22H,11H2,1-2H3,(H,23,24)/t12-/m1/s1. The van der Waals surface area contributed by atoms with Gasteiger partial charge in [-0.1, -0.05) is 12.1 Å². The monoisotopic (exact) mass is 368 g/mol. The molecule has 0 unspecified atom stereocenters. The first-order valence-corrected chi connectivity index (χ1v) is 7.78. The fourth-order valence-electron chi connectivity index (χ4n) is 2.12. The van der Waals surface area contributed by atoms with Crippen molar-refractivity contribution in [1.82, 2.24) is 0 Å². The summed E-state index contributed by atoms with van der Waals surface area (Å²) in [4.78, 5) is 12.3. The molecule has 0 aliphatic heterocycles. The molecule has 0 radical (unpaired) electrons. The second kappa shape index (κ2) is 8.46. The van der Waals surface area contributed by atoms with Crippen molar-refractivity contribution in [3.05, 3.63) is 48.5 Å². The Kier molecular flexibility index (Phi) is 6.32. The summed E-state index contributed by atoms with van der Waals surface area (Å²) < 4.78 is 46.2. The van der Waals surface area contributed by atoms with Crippen LogP contribution in [0.3, 0.4) is 0 Å². The van der Waals surface area contributed by atoms with Crippen LogP contribution in [0.4, 0.5) is 24.5 Å². The second-order valence-corrected chi connectivity index (χ2v) is 5.48. The van der Waals surface area contributed by atoms with Crippen molar-refractivity contribution in [3.63, 3.8) is 0 Å². The molecular weight excluding hydrogens is 349 g/mol. The Morgan fingerprint density at radius 3 is 2.38 bits per heavy atom. The molecule has 0 spiro atoms. The van der Waals surface area contributed by atoms with Gasteiger partial charge in [0.25, 0.3) is 0 Å². The smallest absolute Gasteiger partial charge is 0.422 e. The molecular formula is C18H19F3N2O3. The van der Waals surface area contributed by atoms with Crippen molar-refractivity contribution < 1.29 is 27.4 Å². The van der Waals surface area contributed by atoms with E-state index in [0.29, 0.717) is 17.1 Å². The first-order chi connectivity index (χ1) is 12.3. The predicted octanol–water partition coefficient (Wildman–Crippen LogP) is 4.08. The highest BCUT2D eigenvalue weighted by Crippen LogP contribution is 2.24. The number of rotatable bonds is 7. The molecule has 2 aromatic rings. The molecule has 0 bridgehead atoms. The van der Waals surface area contributed by atoms with Crippen LogP contribution in [-0.4, -0.2) is 31.8 Å². The highest BCUT2D eigenvalue weighted by molar-refractivity contribution is 5.97. The number of carbonyl (C=O) groups is 1. The number of carbonyl (C=O) groups excluding carboxylic acids is 1. The first kappa shape index (κ1) is 19.4. The van der Waals surface area contributed by atoms with E-state index in [4.69, 9.17) is 4.74 Å². The Morgan fingerprint density at radius 2 is 1.77 bits per heavy atom. The number of benzene rings is 2. The van der Waals surface area contributed by atoms with Gasteiger partial charge in [-0.15, -0.1) is 0 Å². The zero-order chi connectivity index (χ0) is 19.2. The van der Waals surface area contributed by atoms with E-state index in [0.717, 1.165) is 0 Å². The van der Waals surface area contributed by atoms with E-state index in [1.165, 1.54) is 19.2 Å². The van der Waals surface area contributed by atoms with Gasteiger partial charge in [-0.05, 0) is 43.3 Å². The topological polar surface area (TPSA) is 59.6 Å². The summed E-state index contributed by atoms with van der Waals surface area (Å²) in [5, 5.41) is 5.72. The van der Waals surface area contributed by atoms with E-state index in [9.17, 15) is 18.0 Å². The van der Waals surface area contributed by atoms with Crippen LogP contribution in [0.15, 0.2) is 48.5 Å². The number of amides is 1. The lowest BCUT2D eigenvalue weighted by atomic mass is 10.2. The van der Waals surface area contributed by atoms with Crippen LogP contribution >= 0.6 is 0 Å². The minimum atomic E-state index is -4.39. The van der Waals surface area contributed by atoms with E-state index in [1.54, 1.807) is 43.3 Å². The molecule has 0 aliphatic rings. The van der Waals surface area contributed by atoms with Crippen molar-refractivity contribution in [3.8, 4) is 11.5 Å². The Hall–Kier alpha value is -2.90. The van der Waals surface area contributed by atoms with Gasteiger partial charge in [0, 0.05) is 5.69 Å². The maximum Gasteiger partial charge on any atom is 0.422 e. The third kappa shape index (κ3) is 5.87. The molecule has 0 aromatic heterocycles. The van der Waals surface area contributed by atoms with Gasteiger partial charge >= 0.3 is 6.18 Å². The van der Waals surface area contributed by atoms with Gasteiger partial charge in [-0.2, -0.15) is 13.2 Å². The normalized spacial score (nSPS) is 12.2. The van der Waals surface area contributed by atoms with Crippen LogP contribution in [-0.2, 0) is 4.79 Å². The number of nitrogens with one attached hydrogen (secondary N) is 2. The third-order valence-corrected chi connectivity index (χ3v) is 3.40. The fourth-order valence-corrected chi connectivity index (χ4v) is 2.12. The average molecular weight is 368 g/mol. The molecule has 2 N–H and O–H groups in total. The molecule has 0 saturated heterocycles. The summed E-state index contributed by atoms with van der Waals surface area (Å²) in [6.07, 6.45) is -4.39. The van der Waals surface area contributed by atoms with Crippen LogP contribution in [0.2, 0.25) is 0 Å². The van der Waals surface area contributed by atoms with Crippen LogP contribution in [0, 0.1) is 0 Å². The van der Waals surface area contributed by atoms with Crippen molar-refractivity contribution >= 4 is 17.3 Å². The molecule has 2 rings (SSSR count). The van der Waals surface area contributed by atoms with Gasteiger partial charge in [-0.3, -0.25) is 4.79 Å². The molecule has 0 aliphatic carbocycles. The van der Waals surface area contributed by atoms with Crippen LogP contribution < -0.4 is 20.1 Å². The predicted molar refractivity (Wildman–Crippen MR) is 92.7 cm³/mol. The molecule has 0 fully saturated rings. The summed E-state index contributed by atoms with van der Waals surface area (Å²) >= 11 is 0. The lowest BCUT2D eigenvalue weighted by molar-refractivity contribution is -0.153. The Morgan fingerprint density at radius 1 is 1.12 bits per heavy atom. The maximum atomic E-state index is 12.3. The molecule has 8 heteroatoms. The zero-order valence-corrected chi connectivity index (χ0v) is 14.3. The number of hydrogen-bond acceptors (Lipinski definition) is 4. The van der Waals surface area contributed by atoms with E-state index in [1.807, 2.05) is 0 Å². The molecule has 2 aromatic carbocycles. The largest absolute Gasteiger partial charge is 0.495 e. The van der Waals surface area contributed by atoms with Gasteiger partial charge < -0.3 is 20.1 Å². The number of anilines is 2. The number of alkyl halides is 3. The highest BCUT2D eigenvalue weighted by Gasteiger charge is 2.28. The van der Waals surface area contributed by atoms with Gasteiger partial charge in [0.15, 0.2) is 6.61 Å². The highest BCUT2D eigenvalue weighted by atomic mass is 19.4. The molecule has 0 heterocycles. The Bertz CT molecular complexity index is 733. The summed E-state index contributed by atoms with van der Waals surface area (Å²) in [5.41, 5.74) is 1.12. The van der Waals surface area contributed by atoms with Crippen molar-refractivity contribution in [2.75, 3.05) is 24.4 Å². The Balaban J connectivity index is 1.92. The minimum absolute atomic E-state index is 0.0963. The summed E-state index contributed by atoms with van der Waals surface area (Å²) in [5.74, 6) is 0.352. The zero-order valence-electron chi connectivity index (χ0n) is 14.3. The number of para-hydroxylation sites is 2. The number of halogens is 3. The SMILES string of the molecule is COc1ccccc1NC(=O)[C@@H](C)Nc1ccc(OCC(F)(F)F)cc1. The minimum Gasteiger partial charge on any atom is -0.495 e. The quantitative estimate of drug-likeness (QED) is 0.773. The van der Waals surface area contributed by atoms with Crippen molar-refractivity contribution in [2.45, 2.75) is 19.1 Å². The second-order valence-electron chi connectivity index (χ2n) is 5.48. The Labute approximate surface area is 149 Å². The van der Waals surface area contributed by atoms with Crippen molar-refractivity contribution in [1.29, 1.82) is 0 Å². The average Bonchev–Trinajstić information content (AvgIpc) is 2.61. The van der Waals surface area contributed by atoms with E-state index >= 15 is 0 Å². The number of methoxy groups -OCH3 is 1. The fraction of sp³-hybridized carbons (Fsp3) is 0.278.